The van der Waals surface area contributed by atoms with E-state index in [4.69, 9.17) is 38.6 Å². The van der Waals surface area contributed by atoms with E-state index in [9.17, 15) is 55.8 Å². The fraction of sp³-hybridized carbons (Fsp3) is 0.169. The maximum atomic E-state index is 13.2. The topological polar surface area (TPSA) is 243 Å². The van der Waals surface area contributed by atoms with Crippen LogP contribution in [0, 0.1) is 29.1 Å². The van der Waals surface area contributed by atoms with Crippen LogP contribution in [0.2, 0.25) is 0 Å². The number of amides is 1. The standard InChI is InChI=1S/C29H29FN2O6.C16H13FO4.C14H11FO4.C12H8BrFO.C6H5FO/c30-21-7-9-22(10-8-21)38-23-5-3-4-19(16-23)28(34)29(35)31-24(18-32-12-1-2-13-32)27(33)20-6-11-25-26(17-20)37-15-14-36-25;1-2-20-16(19)15(18)11-4-3-5-14(10-11)21-13-8-6-12(17)7-9-13;15-10-4-6-11(7-5-10)19-12-3-1-2-9(8-12)13(16)14(17)18;13-9-2-1-3-12(8-9)15-11-6-4-10(14)5-7-11;7-5-1-3-6(8)4-2-5/h3-11,16-17,24,27,33H,1-2,12-15,18H2,(H,31,35);3-10H,2H2,1H3;1-2,4-8,12H,3H2,(H,17,18);1-8H;1-4,8H/t24-,27-;;;;/m1..../s1. The number of carboxylic acids is 1. The second-order valence-electron chi connectivity index (χ2n) is 22.0. The largest absolute Gasteiger partial charge is 0.508 e. The molecule has 9 aromatic carbocycles. The number of aliphatic hydroxyl groups excluding tert-OH is 1. The number of fused-ring (bicyclic) bond motifs is 1. The summed E-state index contributed by atoms with van der Waals surface area (Å²) in [7, 11) is 0. The highest BCUT2D eigenvalue weighted by atomic mass is 79.9. The van der Waals surface area contributed by atoms with Crippen molar-refractivity contribution in [2.24, 2.45) is 0 Å². The molecular weight excluding hydrogens is 1380 g/mol. The van der Waals surface area contributed by atoms with Crippen molar-refractivity contribution in [1.82, 2.24) is 10.2 Å². The van der Waals surface area contributed by atoms with Gasteiger partial charge in [-0.25, -0.2) is 31.5 Å². The van der Waals surface area contributed by atoms with Gasteiger partial charge < -0.3 is 58.7 Å². The van der Waals surface area contributed by atoms with Crippen LogP contribution in [-0.4, -0.2) is 107 Å². The van der Waals surface area contributed by atoms with Gasteiger partial charge in [-0.1, -0.05) is 64.5 Å². The second-order valence-corrected chi connectivity index (χ2v) is 22.9. The number of aliphatic hydroxyl groups is 1. The van der Waals surface area contributed by atoms with Gasteiger partial charge in [0.25, 0.3) is 17.5 Å². The number of ketones is 3. The summed E-state index contributed by atoms with van der Waals surface area (Å²) in [6.45, 7) is 4.74. The summed E-state index contributed by atoms with van der Waals surface area (Å²) in [5, 5.41) is 31.3. The summed E-state index contributed by atoms with van der Waals surface area (Å²) >= 11 is 3.35. The summed E-state index contributed by atoms with van der Waals surface area (Å²) in [5.41, 5.74) is 0.954. The molecule has 522 valence electrons. The summed E-state index contributed by atoms with van der Waals surface area (Å²) in [4.78, 5) is 73.4. The molecule has 18 nitrogen and oxygen atoms in total. The number of allylic oxidation sites excluding steroid dienone is 1. The molecule has 24 heteroatoms. The first-order valence-electron chi connectivity index (χ1n) is 31.3. The normalized spacial score (nSPS) is 13.8. The Morgan fingerprint density at radius 1 is 0.554 bits per heavy atom. The van der Waals surface area contributed by atoms with E-state index in [1.54, 1.807) is 67.6 Å². The number of carboxylic acid groups (broad SMARTS) is 1. The maximum absolute atomic E-state index is 13.2. The molecule has 3 atom stereocenters. The SMILES string of the molecule is CCOC(=O)C(=O)c1cccc(Oc2ccc(F)cc2)c1.Fc1ccc(Oc2cccc(Br)c2)cc1.O=C(N[C@H](CN1CCCC1)[C@H](O)c1ccc2c(c1)OCCO2)C(=O)c1cccc(Oc2ccc(F)cc2)c1.O=C(O)C(=O)C1=CC(Oc2ccc(F)cc2)CC=C1.Oc1ccc(F)cc1. The number of halogens is 6. The number of ether oxygens (including phenoxy) is 7. The highest BCUT2D eigenvalue weighted by molar-refractivity contribution is 9.10. The lowest BCUT2D eigenvalue weighted by atomic mass is 10.00. The lowest BCUT2D eigenvalue weighted by Gasteiger charge is -2.29. The molecule has 1 aliphatic carbocycles. The summed E-state index contributed by atoms with van der Waals surface area (Å²) in [6, 6.07) is 51.7. The van der Waals surface area contributed by atoms with E-state index in [2.05, 4.69) is 30.9 Å². The molecule has 1 saturated heterocycles. The average Bonchev–Trinajstić information content (AvgIpc) is 1.47. The highest BCUT2D eigenvalue weighted by Crippen LogP contribution is 2.34. The van der Waals surface area contributed by atoms with Crippen molar-refractivity contribution in [3.63, 3.8) is 0 Å². The third-order valence-corrected chi connectivity index (χ3v) is 15.0. The van der Waals surface area contributed by atoms with Crippen molar-refractivity contribution in [2.75, 3.05) is 39.5 Å². The Morgan fingerprint density at radius 3 is 1.50 bits per heavy atom. The number of carbonyl (C=O) groups excluding carboxylic acids is 5. The average molecular weight is 1450 g/mol. The Kier molecular flexibility index (Phi) is 28.4. The molecule has 0 spiro atoms. The van der Waals surface area contributed by atoms with Crippen LogP contribution in [0.25, 0.3) is 0 Å². The number of benzene rings is 9. The zero-order valence-corrected chi connectivity index (χ0v) is 55.5. The Balaban J connectivity index is 0.000000175. The van der Waals surface area contributed by atoms with Crippen LogP contribution in [0.4, 0.5) is 22.0 Å². The Bertz CT molecular complexity index is 4310. The molecule has 0 radical (unpaired) electrons. The first-order valence-corrected chi connectivity index (χ1v) is 32.1. The number of phenolic OH excluding ortho intramolecular Hbond substituents is 1. The van der Waals surface area contributed by atoms with E-state index in [1.807, 2.05) is 24.3 Å². The number of rotatable bonds is 20. The number of aromatic hydroxyl groups is 1. The number of carbonyl (C=O) groups is 6. The van der Waals surface area contributed by atoms with E-state index in [1.165, 1.54) is 146 Å². The predicted octanol–water partition coefficient (Wildman–Crippen LogP) is 15.3. The second kappa shape index (κ2) is 38.0. The Morgan fingerprint density at radius 2 is 1.02 bits per heavy atom. The lowest BCUT2D eigenvalue weighted by Crippen LogP contribution is -2.48. The van der Waals surface area contributed by atoms with Gasteiger partial charge in [-0.05, 0) is 220 Å². The molecule has 101 heavy (non-hydrogen) atoms. The van der Waals surface area contributed by atoms with Crippen molar-refractivity contribution in [3.8, 4) is 57.5 Å². The molecule has 0 aromatic heterocycles. The number of hydrogen-bond donors (Lipinski definition) is 4. The van der Waals surface area contributed by atoms with Crippen LogP contribution in [-0.2, 0) is 23.9 Å². The number of likely N-dealkylation sites (tertiary alicyclic amines) is 1. The number of Topliss-reactive ketones (excluding diaryl/α,β-unsaturated/α-hetero) is 3. The molecule has 2 heterocycles. The summed E-state index contributed by atoms with van der Waals surface area (Å²) < 4.78 is 102. The van der Waals surface area contributed by atoms with E-state index in [-0.39, 0.29) is 58.1 Å². The monoisotopic (exact) mass is 1450 g/mol. The minimum Gasteiger partial charge on any atom is -0.508 e. The molecule has 0 bridgehead atoms. The van der Waals surface area contributed by atoms with Crippen LogP contribution in [0.5, 0.6) is 57.5 Å². The zero-order chi connectivity index (χ0) is 72.2. The number of nitrogens with one attached hydrogen (secondary N) is 1. The number of hydrogen-bond acceptors (Lipinski definition) is 16. The van der Waals surface area contributed by atoms with Gasteiger partial charge in [-0.3, -0.25) is 19.2 Å². The van der Waals surface area contributed by atoms with Crippen LogP contribution in [0.3, 0.4) is 0 Å². The molecule has 1 fully saturated rings. The molecule has 3 aliphatic rings. The predicted molar refractivity (Wildman–Crippen MR) is 365 cm³/mol. The highest BCUT2D eigenvalue weighted by Gasteiger charge is 2.31. The van der Waals surface area contributed by atoms with Gasteiger partial charge in [0.05, 0.1) is 12.6 Å². The molecule has 12 rings (SSSR count). The van der Waals surface area contributed by atoms with Crippen molar-refractivity contribution >= 4 is 51.1 Å². The van der Waals surface area contributed by atoms with Crippen LogP contribution in [0.15, 0.2) is 241 Å². The van der Waals surface area contributed by atoms with Gasteiger partial charge >= 0.3 is 11.9 Å². The van der Waals surface area contributed by atoms with Crippen LogP contribution >= 0.6 is 15.9 Å². The van der Waals surface area contributed by atoms with E-state index < -0.39 is 53.4 Å². The molecule has 2 aliphatic heterocycles. The molecule has 0 saturated carbocycles. The van der Waals surface area contributed by atoms with Gasteiger partial charge in [0, 0.05) is 34.1 Å². The van der Waals surface area contributed by atoms with Crippen LogP contribution in [0.1, 0.15) is 58.6 Å². The van der Waals surface area contributed by atoms with Crippen LogP contribution < -0.4 is 33.7 Å². The van der Waals surface area contributed by atoms with Crippen molar-refractivity contribution in [3.05, 3.63) is 286 Å². The lowest BCUT2D eigenvalue weighted by molar-refractivity contribution is -0.147. The maximum Gasteiger partial charge on any atom is 0.379 e. The third kappa shape index (κ3) is 24.5. The number of aliphatic carboxylic acids is 1. The Labute approximate surface area is 585 Å². The van der Waals surface area contributed by atoms with Crippen molar-refractivity contribution in [2.45, 2.75) is 44.4 Å². The fourth-order valence-electron chi connectivity index (χ4n) is 9.61. The minimum absolute atomic E-state index is 0.0888. The summed E-state index contributed by atoms with van der Waals surface area (Å²) in [6.07, 6.45) is 5.69. The number of phenols is 1. The van der Waals surface area contributed by atoms with E-state index in [0.29, 0.717) is 77.7 Å². The molecule has 4 N–H and O–H groups in total. The van der Waals surface area contributed by atoms with Gasteiger partial charge in [0.15, 0.2) is 11.5 Å². The van der Waals surface area contributed by atoms with E-state index in [0.717, 1.165) is 36.2 Å². The van der Waals surface area contributed by atoms with E-state index >= 15 is 0 Å². The molecule has 1 amide bonds. The smallest absolute Gasteiger partial charge is 0.379 e. The molecule has 1 unspecified atom stereocenters. The molecular formula is C77H66BrF5N2O16. The summed E-state index contributed by atoms with van der Waals surface area (Å²) in [5.74, 6) is -2.86. The van der Waals surface area contributed by atoms with Gasteiger partial charge in [-0.15, -0.1) is 0 Å². The number of esters is 1. The third-order valence-electron chi connectivity index (χ3n) is 14.5. The fourth-order valence-corrected chi connectivity index (χ4v) is 9.99. The quantitative estimate of drug-likeness (QED) is 0.0240. The first-order chi connectivity index (χ1) is 48.6. The van der Waals surface area contributed by atoms with Crippen molar-refractivity contribution in [1.29, 1.82) is 0 Å². The van der Waals surface area contributed by atoms with Gasteiger partial charge in [0.2, 0.25) is 5.78 Å². The minimum atomic E-state index is -1.50. The zero-order valence-electron chi connectivity index (χ0n) is 53.9. The molecule has 9 aromatic rings. The van der Waals surface area contributed by atoms with Gasteiger partial charge in [-0.2, -0.15) is 0 Å². The van der Waals surface area contributed by atoms with Crippen molar-refractivity contribution < 1.29 is 99.2 Å². The van der Waals surface area contributed by atoms with Gasteiger partial charge in [0.1, 0.15) is 101 Å². The Hall–Kier alpha value is -11.5. The number of nitrogens with zero attached hydrogens (tertiary/aromatic N) is 1. The first kappa shape index (κ1) is 75.3.